The summed E-state index contributed by atoms with van der Waals surface area (Å²) in [5, 5.41) is 7.99. The molecule has 0 amide bonds. The zero-order valence-electron chi connectivity index (χ0n) is 13.0. The van der Waals surface area contributed by atoms with Crippen LogP contribution in [0, 0.1) is 13.8 Å². The Hall–Kier alpha value is -1.76. The summed E-state index contributed by atoms with van der Waals surface area (Å²) in [6.45, 7) is 9.99. The van der Waals surface area contributed by atoms with E-state index >= 15 is 0 Å². The normalized spacial score (nSPS) is 11.7. The highest BCUT2D eigenvalue weighted by atomic mass is 32.1. The first-order chi connectivity index (χ1) is 9.78. The standard InChI is InChI=1S/C14H20N4O2S/c1-9-11(21-8-15-9)6-7-18-10(2)12(16-17-18)13(19)20-14(3,4)5/h8H,6-7H2,1-5H3. The number of hydrogen-bond donors (Lipinski definition) is 0. The molecule has 0 atom stereocenters. The zero-order valence-corrected chi connectivity index (χ0v) is 13.8. The zero-order chi connectivity index (χ0) is 15.6. The minimum absolute atomic E-state index is 0.283. The molecule has 0 aliphatic heterocycles. The molecule has 0 aliphatic carbocycles. The number of aromatic nitrogens is 4. The van der Waals surface area contributed by atoms with Crippen molar-refractivity contribution in [3.8, 4) is 0 Å². The van der Waals surface area contributed by atoms with Crippen LogP contribution in [0.4, 0.5) is 0 Å². The third-order valence-electron chi connectivity index (χ3n) is 2.97. The van der Waals surface area contributed by atoms with Crippen LogP contribution in [-0.2, 0) is 17.7 Å². The fraction of sp³-hybridized carbons (Fsp3) is 0.571. The van der Waals surface area contributed by atoms with Crippen molar-refractivity contribution in [3.63, 3.8) is 0 Å². The Morgan fingerprint density at radius 2 is 2.10 bits per heavy atom. The van der Waals surface area contributed by atoms with Crippen LogP contribution in [-0.4, -0.2) is 31.5 Å². The lowest BCUT2D eigenvalue weighted by molar-refractivity contribution is 0.00619. The van der Waals surface area contributed by atoms with Gasteiger partial charge in [0.1, 0.15) is 5.60 Å². The van der Waals surface area contributed by atoms with Gasteiger partial charge in [-0.25, -0.2) is 14.5 Å². The van der Waals surface area contributed by atoms with Gasteiger partial charge in [-0.1, -0.05) is 5.21 Å². The third kappa shape index (κ3) is 3.87. The lowest BCUT2D eigenvalue weighted by Gasteiger charge is -2.18. The minimum atomic E-state index is -0.535. The molecule has 0 saturated heterocycles. The minimum Gasteiger partial charge on any atom is -0.455 e. The molecule has 21 heavy (non-hydrogen) atoms. The van der Waals surface area contributed by atoms with Gasteiger partial charge >= 0.3 is 5.97 Å². The molecule has 0 bridgehead atoms. The molecule has 2 heterocycles. The molecule has 114 valence electrons. The Morgan fingerprint density at radius 3 is 2.67 bits per heavy atom. The van der Waals surface area contributed by atoms with Crippen LogP contribution in [0.2, 0.25) is 0 Å². The molecular formula is C14H20N4O2S. The highest BCUT2D eigenvalue weighted by Gasteiger charge is 2.23. The van der Waals surface area contributed by atoms with E-state index in [2.05, 4.69) is 15.3 Å². The van der Waals surface area contributed by atoms with Crippen LogP contribution in [0.1, 0.15) is 47.5 Å². The summed E-state index contributed by atoms with van der Waals surface area (Å²) < 4.78 is 7.06. The summed E-state index contributed by atoms with van der Waals surface area (Å²) in [7, 11) is 0. The number of thiazole rings is 1. The Bertz CT molecular complexity index is 640. The van der Waals surface area contributed by atoms with E-state index in [4.69, 9.17) is 4.74 Å². The number of ether oxygens (including phenoxy) is 1. The highest BCUT2D eigenvalue weighted by molar-refractivity contribution is 7.09. The number of hydrogen-bond acceptors (Lipinski definition) is 6. The maximum atomic E-state index is 12.0. The molecule has 0 N–H and O–H groups in total. The van der Waals surface area contributed by atoms with Crippen molar-refractivity contribution in [3.05, 3.63) is 27.5 Å². The monoisotopic (exact) mass is 308 g/mol. The predicted molar refractivity (Wildman–Crippen MR) is 80.5 cm³/mol. The second-order valence-corrected chi connectivity index (χ2v) is 6.80. The molecule has 6 nitrogen and oxygen atoms in total. The van der Waals surface area contributed by atoms with Gasteiger partial charge in [-0.2, -0.15) is 0 Å². The average Bonchev–Trinajstić information content (AvgIpc) is 2.91. The maximum Gasteiger partial charge on any atom is 0.361 e. The summed E-state index contributed by atoms with van der Waals surface area (Å²) in [5.41, 5.74) is 3.36. The Balaban J connectivity index is 2.07. The van der Waals surface area contributed by atoms with Crippen molar-refractivity contribution in [1.82, 2.24) is 20.0 Å². The van der Waals surface area contributed by atoms with E-state index in [1.807, 2.05) is 40.1 Å². The van der Waals surface area contributed by atoms with Gasteiger partial charge in [0.25, 0.3) is 0 Å². The van der Waals surface area contributed by atoms with Gasteiger partial charge in [-0.05, 0) is 34.6 Å². The first-order valence-electron chi connectivity index (χ1n) is 6.80. The molecule has 0 fully saturated rings. The molecule has 7 heteroatoms. The fourth-order valence-corrected chi connectivity index (χ4v) is 2.63. The molecule has 0 aliphatic rings. The SMILES string of the molecule is Cc1ncsc1CCn1nnc(C(=O)OC(C)(C)C)c1C. The molecule has 2 aromatic rings. The van der Waals surface area contributed by atoms with Gasteiger partial charge in [0.2, 0.25) is 0 Å². The first-order valence-corrected chi connectivity index (χ1v) is 7.68. The summed E-state index contributed by atoms with van der Waals surface area (Å²) in [6.07, 6.45) is 0.828. The molecular weight excluding hydrogens is 288 g/mol. The second-order valence-electron chi connectivity index (χ2n) is 5.86. The Morgan fingerprint density at radius 1 is 1.38 bits per heavy atom. The van der Waals surface area contributed by atoms with E-state index in [-0.39, 0.29) is 5.69 Å². The largest absolute Gasteiger partial charge is 0.455 e. The van der Waals surface area contributed by atoms with Gasteiger partial charge in [0.05, 0.1) is 16.9 Å². The molecule has 0 saturated carbocycles. The Labute approximate surface area is 128 Å². The fourth-order valence-electron chi connectivity index (χ4n) is 1.86. The molecule has 0 unspecified atom stereocenters. The van der Waals surface area contributed by atoms with Gasteiger partial charge in [0, 0.05) is 17.8 Å². The van der Waals surface area contributed by atoms with Crippen LogP contribution in [0.25, 0.3) is 0 Å². The van der Waals surface area contributed by atoms with E-state index in [9.17, 15) is 4.79 Å². The van der Waals surface area contributed by atoms with Crippen LogP contribution >= 0.6 is 11.3 Å². The predicted octanol–water partition coefficient (Wildman–Crippen LogP) is 2.55. The van der Waals surface area contributed by atoms with Crippen molar-refractivity contribution >= 4 is 17.3 Å². The quantitative estimate of drug-likeness (QED) is 0.812. The second kappa shape index (κ2) is 5.93. The summed E-state index contributed by atoms with van der Waals surface area (Å²) in [6, 6.07) is 0. The topological polar surface area (TPSA) is 69.9 Å². The van der Waals surface area contributed by atoms with Gasteiger partial charge < -0.3 is 4.74 Å². The van der Waals surface area contributed by atoms with Crippen LogP contribution < -0.4 is 0 Å². The van der Waals surface area contributed by atoms with Crippen LogP contribution in [0.5, 0.6) is 0 Å². The first kappa shape index (κ1) is 15.6. The average molecular weight is 308 g/mol. The van der Waals surface area contributed by atoms with Crippen molar-refractivity contribution in [2.45, 2.75) is 53.2 Å². The molecule has 0 radical (unpaired) electrons. The summed E-state index contributed by atoms with van der Waals surface area (Å²) in [5.74, 6) is -0.430. The lowest BCUT2D eigenvalue weighted by Crippen LogP contribution is -2.24. The molecule has 0 spiro atoms. The third-order valence-corrected chi connectivity index (χ3v) is 3.97. The number of aryl methyl sites for hydroxylation is 3. The van der Waals surface area contributed by atoms with Crippen molar-refractivity contribution in [2.24, 2.45) is 0 Å². The van der Waals surface area contributed by atoms with Crippen LogP contribution in [0.15, 0.2) is 5.51 Å². The number of esters is 1. The van der Waals surface area contributed by atoms with E-state index in [0.717, 1.165) is 17.8 Å². The highest BCUT2D eigenvalue weighted by Crippen LogP contribution is 2.16. The van der Waals surface area contributed by atoms with Crippen molar-refractivity contribution in [2.75, 3.05) is 0 Å². The van der Waals surface area contributed by atoms with E-state index in [1.165, 1.54) is 4.88 Å². The van der Waals surface area contributed by atoms with Crippen molar-refractivity contribution in [1.29, 1.82) is 0 Å². The summed E-state index contributed by atoms with van der Waals surface area (Å²) in [4.78, 5) is 17.5. The summed E-state index contributed by atoms with van der Waals surface area (Å²) >= 11 is 1.63. The lowest BCUT2D eigenvalue weighted by atomic mass is 10.2. The van der Waals surface area contributed by atoms with Gasteiger partial charge in [-0.15, -0.1) is 16.4 Å². The number of nitrogens with zero attached hydrogens (tertiary/aromatic N) is 4. The van der Waals surface area contributed by atoms with E-state index in [0.29, 0.717) is 6.54 Å². The number of carbonyl (C=O) groups is 1. The number of carbonyl (C=O) groups excluding carboxylic acids is 1. The number of rotatable bonds is 4. The Kier molecular flexibility index (Phi) is 4.41. The molecule has 0 aromatic carbocycles. The maximum absolute atomic E-state index is 12.0. The van der Waals surface area contributed by atoms with Gasteiger partial charge in [-0.3, -0.25) is 0 Å². The van der Waals surface area contributed by atoms with E-state index < -0.39 is 11.6 Å². The molecule has 2 aromatic heterocycles. The van der Waals surface area contributed by atoms with Crippen molar-refractivity contribution < 1.29 is 9.53 Å². The molecule has 2 rings (SSSR count). The van der Waals surface area contributed by atoms with E-state index in [1.54, 1.807) is 16.0 Å². The van der Waals surface area contributed by atoms with Crippen LogP contribution in [0.3, 0.4) is 0 Å². The smallest absolute Gasteiger partial charge is 0.361 e. The van der Waals surface area contributed by atoms with Gasteiger partial charge in [0.15, 0.2) is 5.69 Å².